The van der Waals surface area contributed by atoms with Crippen LogP contribution in [0.3, 0.4) is 0 Å². The molecule has 27 heavy (non-hydrogen) atoms. The van der Waals surface area contributed by atoms with Crippen molar-refractivity contribution in [2.75, 3.05) is 10.0 Å². The van der Waals surface area contributed by atoms with Gasteiger partial charge in [-0.3, -0.25) is 4.79 Å². The number of benzene rings is 1. The van der Waals surface area contributed by atoms with Crippen LogP contribution >= 0.6 is 23.2 Å². The van der Waals surface area contributed by atoms with E-state index in [1.54, 1.807) is 13.1 Å². The zero-order valence-electron chi connectivity index (χ0n) is 13.8. The van der Waals surface area contributed by atoms with E-state index in [4.69, 9.17) is 23.2 Å². The van der Waals surface area contributed by atoms with Crippen molar-refractivity contribution in [1.29, 1.82) is 0 Å². The van der Waals surface area contributed by atoms with Crippen molar-refractivity contribution >= 4 is 50.8 Å². The van der Waals surface area contributed by atoms with E-state index >= 15 is 0 Å². The highest BCUT2D eigenvalue weighted by molar-refractivity contribution is 7.92. The molecule has 0 unspecified atom stereocenters. The standard InChI is InChI=1S/C16H13Cl2N5O3S/c1-23-13(9-12(17)14(23)18)15(24)21-10-3-5-11(6-4-10)27(25,26)22-16-19-7-2-8-20-16/h2-9H,1H3,(H,21,24)(H,19,20,22). The number of nitrogens with zero attached hydrogens (tertiary/aromatic N) is 3. The fourth-order valence-electron chi connectivity index (χ4n) is 2.20. The van der Waals surface area contributed by atoms with Crippen LogP contribution in [0.1, 0.15) is 10.5 Å². The van der Waals surface area contributed by atoms with E-state index in [1.165, 1.54) is 47.3 Å². The van der Waals surface area contributed by atoms with E-state index in [2.05, 4.69) is 20.0 Å². The number of halogens is 2. The van der Waals surface area contributed by atoms with E-state index < -0.39 is 15.9 Å². The van der Waals surface area contributed by atoms with Gasteiger partial charge in [0.05, 0.1) is 9.92 Å². The molecule has 2 N–H and O–H groups in total. The molecule has 2 aromatic heterocycles. The molecule has 1 aromatic carbocycles. The van der Waals surface area contributed by atoms with Crippen LogP contribution < -0.4 is 10.0 Å². The summed E-state index contributed by atoms with van der Waals surface area (Å²) in [5.41, 5.74) is 0.674. The first-order valence-corrected chi connectivity index (χ1v) is 9.74. The van der Waals surface area contributed by atoms with Gasteiger partial charge in [0, 0.05) is 25.1 Å². The van der Waals surface area contributed by atoms with Crippen molar-refractivity contribution < 1.29 is 13.2 Å². The van der Waals surface area contributed by atoms with Crippen LogP contribution in [-0.4, -0.2) is 28.9 Å². The third-order valence-corrected chi connectivity index (χ3v) is 5.75. The monoisotopic (exact) mass is 425 g/mol. The molecule has 3 rings (SSSR count). The van der Waals surface area contributed by atoms with Crippen molar-refractivity contribution in [2.24, 2.45) is 7.05 Å². The predicted molar refractivity (Wildman–Crippen MR) is 103 cm³/mol. The van der Waals surface area contributed by atoms with Crippen LogP contribution in [0, 0.1) is 0 Å². The van der Waals surface area contributed by atoms with Crippen LogP contribution in [-0.2, 0) is 17.1 Å². The Morgan fingerprint density at radius 3 is 2.30 bits per heavy atom. The van der Waals surface area contributed by atoms with Gasteiger partial charge in [0.25, 0.3) is 15.9 Å². The Kier molecular flexibility index (Phi) is 5.36. The number of aromatic nitrogens is 3. The predicted octanol–water partition coefficient (Wildman–Crippen LogP) is 3.18. The minimum absolute atomic E-state index is 0.00194. The van der Waals surface area contributed by atoms with E-state index in [0.29, 0.717) is 5.69 Å². The van der Waals surface area contributed by atoms with E-state index in [1.807, 2.05) is 0 Å². The van der Waals surface area contributed by atoms with Crippen molar-refractivity contribution in [1.82, 2.24) is 14.5 Å². The number of carbonyl (C=O) groups excluding carboxylic acids is 1. The molecule has 8 nitrogen and oxygen atoms in total. The van der Waals surface area contributed by atoms with Gasteiger partial charge in [0.1, 0.15) is 10.8 Å². The first-order chi connectivity index (χ1) is 12.8. The molecule has 11 heteroatoms. The number of rotatable bonds is 5. The maximum atomic E-state index is 12.3. The summed E-state index contributed by atoms with van der Waals surface area (Å²) < 4.78 is 28.4. The minimum atomic E-state index is -3.85. The van der Waals surface area contributed by atoms with Crippen molar-refractivity contribution in [3.63, 3.8) is 0 Å². The van der Waals surface area contributed by atoms with E-state index in [9.17, 15) is 13.2 Å². The number of carbonyl (C=O) groups is 1. The Bertz CT molecular complexity index is 1080. The van der Waals surface area contributed by atoms with Crippen molar-refractivity contribution in [3.8, 4) is 0 Å². The average molecular weight is 426 g/mol. The highest BCUT2D eigenvalue weighted by Gasteiger charge is 2.18. The molecule has 0 aliphatic heterocycles. The lowest BCUT2D eigenvalue weighted by atomic mass is 10.3. The van der Waals surface area contributed by atoms with E-state index in [0.717, 1.165) is 0 Å². The molecular formula is C16H13Cl2N5O3S. The van der Waals surface area contributed by atoms with Gasteiger partial charge in [0.2, 0.25) is 5.95 Å². The van der Waals surface area contributed by atoms with Crippen LogP contribution in [0.15, 0.2) is 53.7 Å². The third-order valence-electron chi connectivity index (χ3n) is 3.56. The molecule has 0 saturated carbocycles. The summed E-state index contributed by atoms with van der Waals surface area (Å²) in [5, 5.41) is 3.16. The second-order valence-electron chi connectivity index (χ2n) is 5.38. The van der Waals surface area contributed by atoms with Gasteiger partial charge >= 0.3 is 0 Å². The van der Waals surface area contributed by atoms with Crippen molar-refractivity contribution in [2.45, 2.75) is 4.90 Å². The maximum Gasteiger partial charge on any atom is 0.272 e. The van der Waals surface area contributed by atoms with Crippen LogP contribution in [0.2, 0.25) is 10.2 Å². The zero-order chi connectivity index (χ0) is 19.6. The van der Waals surface area contributed by atoms with Crippen molar-refractivity contribution in [3.05, 3.63) is 64.7 Å². The molecule has 0 atom stereocenters. The summed E-state index contributed by atoms with van der Waals surface area (Å²) in [7, 11) is -2.24. The number of anilines is 2. The van der Waals surface area contributed by atoms with Gasteiger partial charge in [0.15, 0.2) is 0 Å². The van der Waals surface area contributed by atoms with Gasteiger partial charge in [-0.15, -0.1) is 0 Å². The lowest BCUT2D eigenvalue weighted by Crippen LogP contribution is -2.16. The summed E-state index contributed by atoms with van der Waals surface area (Å²) in [5.74, 6) is -0.468. The summed E-state index contributed by atoms with van der Waals surface area (Å²) in [6, 6.07) is 8.65. The second-order valence-corrected chi connectivity index (χ2v) is 7.83. The van der Waals surface area contributed by atoms with Crippen LogP contribution in [0.25, 0.3) is 0 Å². The highest BCUT2D eigenvalue weighted by atomic mass is 35.5. The van der Waals surface area contributed by atoms with Gasteiger partial charge in [-0.1, -0.05) is 23.2 Å². The molecule has 0 radical (unpaired) electrons. The lowest BCUT2D eigenvalue weighted by molar-refractivity contribution is 0.101. The summed E-state index contributed by atoms with van der Waals surface area (Å²) >= 11 is 11.9. The Morgan fingerprint density at radius 1 is 1.11 bits per heavy atom. The Labute approximate surface area is 165 Å². The molecule has 1 amide bonds. The lowest BCUT2D eigenvalue weighted by Gasteiger charge is -2.09. The Balaban J connectivity index is 1.75. The first kappa shape index (κ1) is 19.2. The molecule has 0 fully saturated rings. The van der Waals surface area contributed by atoms with E-state index in [-0.39, 0.29) is 26.7 Å². The number of hydrogen-bond donors (Lipinski definition) is 2. The molecule has 0 aliphatic rings. The molecule has 2 heterocycles. The molecular weight excluding hydrogens is 413 g/mol. The average Bonchev–Trinajstić information content (AvgIpc) is 2.90. The Hall–Kier alpha value is -2.62. The summed E-state index contributed by atoms with van der Waals surface area (Å²) in [6.45, 7) is 0. The maximum absolute atomic E-state index is 12.3. The van der Waals surface area contributed by atoms with Crippen LogP contribution in [0.5, 0.6) is 0 Å². The Morgan fingerprint density at radius 2 is 1.74 bits per heavy atom. The number of sulfonamides is 1. The number of amides is 1. The second kappa shape index (κ2) is 7.55. The largest absolute Gasteiger partial charge is 0.329 e. The molecule has 3 aromatic rings. The number of nitrogens with one attached hydrogen (secondary N) is 2. The van der Waals surface area contributed by atoms with Crippen LogP contribution in [0.4, 0.5) is 11.6 Å². The topological polar surface area (TPSA) is 106 Å². The fourth-order valence-corrected chi connectivity index (χ4v) is 3.54. The smallest absolute Gasteiger partial charge is 0.272 e. The quantitative estimate of drug-likeness (QED) is 0.652. The highest BCUT2D eigenvalue weighted by Crippen LogP contribution is 2.26. The molecule has 0 bridgehead atoms. The zero-order valence-corrected chi connectivity index (χ0v) is 16.2. The minimum Gasteiger partial charge on any atom is -0.329 e. The summed E-state index contributed by atoms with van der Waals surface area (Å²) in [4.78, 5) is 20.0. The van der Waals surface area contributed by atoms with Gasteiger partial charge in [-0.05, 0) is 36.4 Å². The first-order valence-electron chi connectivity index (χ1n) is 7.50. The van der Waals surface area contributed by atoms with Gasteiger partial charge in [-0.25, -0.2) is 23.1 Å². The molecule has 0 spiro atoms. The number of hydrogen-bond acceptors (Lipinski definition) is 5. The normalized spacial score (nSPS) is 11.2. The SMILES string of the molecule is Cn1c(C(=O)Nc2ccc(S(=O)(=O)Nc3ncccn3)cc2)cc(Cl)c1Cl. The molecule has 140 valence electrons. The summed E-state index contributed by atoms with van der Waals surface area (Å²) in [6.07, 6.45) is 2.84. The van der Waals surface area contributed by atoms with Gasteiger partial charge in [-0.2, -0.15) is 0 Å². The molecule has 0 aliphatic carbocycles. The third kappa shape index (κ3) is 4.21. The molecule has 0 saturated heterocycles. The van der Waals surface area contributed by atoms with Gasteiger partial charge < -0.3 is 9.88 Å². The fraction of sp³-hybridized carbons (Fsp3) is 0.0625.